The summed E-state index contributed by atoms with van der Waals surface area (Å²) in [6.07, 6.45) is 1.93. The fraction of sp³-hybridized carbons (Fsp3) is 0.211. The zero-order chi connectivity index (χ0) is 21.6. The molecule has 10 heteroatoms. The minimum atomic E-state index is -3.55. The Morgan fingerprint density at radius 3 is 2.45 bits per heavy atom. The molecule has 0 aliphatic carbocycles. The predicted molar refractivity (Wildman–Crippen MR) is 108 cm³/mol. The maximum absolute atomic E-state index is 12.1. The van der Waals surface area contributed by atoms with Gasteiger partial charge < -0.3 is 10.1 Å². The molecule has 0 saturated carbocycles. The highest BCUT2D eigenvalue weighted by atomic mass is 32.2. The second kappa shape index (κ2) is 9.30. The van der Waals surface area contributed by atoms with Gasteiger partial charge in [0.25, 0.3) is 11.6 Å². The number of rotatable bonds is 9. The molecule has 0 heterocycles. The number of sulfonamides is 1. The smallest absolute Gasteiger partial charge is 0.269 e. The van der Waals surface area contributed by atoms with Crippen LogP contribution in [0.25, 0.3) is 0 Å². The molecule has 1 amide bonds. The molecule has 29 heavy (non-hydrogen) atoms. The van der Waals surface area contributed by atoms with Crippen molar-refractivity contribution in [3.8, 4) is 5.75 Å². The van der Waals surface area contributed by atoms with Crippen LogP contribution in [0.15, 0.2) is 60.0 Å². The first-order valence-electron chi connectivity index (χ1n) is 8.48. The van der Waals surface area contributed by atoms with Gasteiger partial charge in [-0.25, -0.2) is 12.7 Å². The first-order valence-corrected chi connectivity index (χ1v) is 9.92. The normalized spacial score (nSPS) is 11.1. The van der Waals surface area contributed by atoms with E-state index in [1.165, 1.54) is 56.6 Å². The lowest BCUT2D eigenvalue weighted by Crippen LogP contribution is -2.22. The maximum Gasteiger partial charge on any atom is 0.269 e. The molecule has 9 nitrogen and oxygen atoms in total. The molecule has 0 fully saturated rings. The molecular formula is C19H21N3O6S. The van der Waals surface area contributed by atoms with Gasteiger partial charge in [0.2, 0.25) is 10.0 Å². The molecule has 0 aliphatic rings. The van der Waals surface area contributed by atoms with Gasteiger partial charge in [0.1, 0.15) is 5.75 Å². The van der Waals surface area contributed by atoms with Crippen LogP contribution in [0.1, 0.15) is 5.56 Å². The van der Waals surface area contributed by atoms with Crippen molar-refractivity contribution in [2.24, 2.45) is 0 Å². The van der Waals surface area contributed by atoms with E-state index in [1.54, 1.807) is 6.08 Å². The van der Waals surface area contributed by atoms with Gasteiger partial charge in [-0.3, -0.25) is 14.9 Å². The molecule has 154 valence electrons. The number of nitrogens with zero attached hydrogens (tertiary/aromatic N) is 2. The van der Waals surface area contributed by atoms with Gasteiger partial charge in [-0.05, 0) is 36.8 Å². The van der Waals surface area contributed by atoms with E-state index in [9.17, 15) is 23.3 Å². The number of benzene rings is 2. The zero-order valence-corrected chi connectivity index (χ0v) is 16.8. The van der Waals surface area contributed by atoms with E-state index in [1.807, 2.05) is 0 Å². The highest BCUT2D eigenvalue weighted by Crippen LogP contribution is 2.25. The maximum atomic E-state index is 12.1. The van der Waals surface area contributed by atoms with Crippen molar-refractivity contribution in [2.75, 3.05) is 26.0 Å². The molecule has 0 saturated heterocycles. The summed E-state index contributed by atoms with van der Waals surface area (Å²) < 4.78 is 30.7. The molecule has 0 radical (unpaired) electrons. The minimum absolute atomic E-state index is 0.0774. The van der Waals surface area contributed by atoms with Crippen molar-refractivity contribution in [3.05, 3.63) is 70.8 Å². The Kier molecular flexibility index (Phi) is 7.08. The standard InChI is InChI=1S/C19H21N3O6S/c1-4-5-14-12-16(22(24)25)8-11-18(14)28-13-19(23)20-15-6-9-17(10-7-15)29(26,27)21(2)3/h4,6-12H,1,5,13H2,2-3H3,(H,20,23). The lowest BCUT2D eigenvalue weighted by molar-refractivity contribution is -0.384. The Bertz CT molecular complexity index is 1020. The molecule has 0 aromatic heterocycles. The zero-order valence-electron chi connectivity index (χ0n) is 16.0. The number of nitrogens with one attached hydrogen (secondary N) is 1. The van der Waals surface area contributed by atoms with Crippen LogP contribution in [-0.2, 0) is 21.2 Å². The molecule has 0 bridgehead atoms. The highest BCUT2D eigenvalue weighted by Gasteiger charge is 2.17. The Labute approximate surface area is 168 Å². The third kappa shape index (κ3) is 5.62. The van der Waals surface area contributed by atoms with E-state index in [4.69, 9.17) is 4.74 Å². The van der Waals surface area contributed by atoms with E-state index in [-0.39, 0.29) is 17.2 Å². The second-order valence-electron chi connectivity index (χ2n) is 6.19. The number of anilines is 1. The molecule has 0 atom stereocenters. The molecule has 0 spiro atoms. The number of hydrogen-bond donors (Lipinski definition) is 1. The van der Waals surface area contributed by atoms with Crippen LogP contribution in [0.3, 0.4) is 0 Å². The summed E-state index contributed by atoms with van der Waals surface area (Å²) in [5, 5.41) is 13.5. The van der Waals surface area contributed by atoms with Crippen LogP contribution < -0.4 is 10.1 Å². The molecule has 2 rings (SSSR count). The van der Waals surface area contributed by atoms with Crippen molar-refractivity contribution >= 4 is 27.3 Å². The fourth-order valence-electron chi connectivity index (χ4n) is 2.40. The molecular weight excluding hydrogens is 398 g/mol. The van der Waals surface area contributed by atoms with E-state index in [0.717, 1.165) is 4.31 Å². The van der Waals surface area contributed by atoms with Gasteiger partial charge in [-0.15, -0.1) is 6.58 Å². The number of carbonyl (C=O) groups excluding carboxylic acids is 1. The largest absolute Gasteiger partial charge is 0.483 e. The fourth-order valence-corrected chi connectivity index (χ4v) is 3.30. The topological polar surface area (TPSA) is 119 Å². The minimum Gasteiger partial charge on any atom is -0.483 e. The monoisotopic (exact) mass is 419 g/mol. The first-order chi connectivity index (χ1) is 13.6. The average molecular weight is 419 g/mol. The summed E-state index contributed by atoms with van der Waals surface area (Å²) in [5.74, 6) is -0.116. The Hall–Kier alpha value is -3.24. The number of allylic oxidation sites excluding steroid dienone is 1. The number of non-ortho nitro benzene ring substituents is 1. The average Bonchev–Trinajstić information content (AvgIpc) is 2.67. The van der Waals surface area contributed by atoms with Crippen LogP contribution in [-0.4, -0.2) is 44.3 Å². The van der Waals surface area contributed by atoms with E-state index >= 15 is 0 Å². The van der Waals surface area contributed by atoms with Crippen LogP contribution in [0.4, 0.5) is 11.4 Å². The van der Waals surface area contributed by atoms with Crippen LogP contribution in [0.5, 0.6) is 5.75 Å². The third-order valence-corrected chi connectivity index (χ3v) is 5.72. The lowest BCUT2D eigenvalue weighted by atomic mass is 10.1. The molecule has 1 N–H and O–H groups in total. The van der Waals surface area contributed by atoms with Crippen LogP contribution >= 0.6 is 0 Å². The number of ether oxygens (including phenoxy) is 1. The SMILES string of the molecule is C=CCc1cc([N+](=O)[O-])ccc1OCC(=O)Nc1ccc(S(=O)(=O)N(C)C)cc1. The van der Waals surface area contributed by atoms with Crippen molar-refractivity contribution in [2.45, 2.75) is 11.3 Å². The third-order valence-electron chi connectivity index (χ3n) is 3.89. The molecule has 0 unspecified atom stereocenters. The quantitative estimate of drug-likeness (QED) is 0.379. The number of hydrogen-bond acceptors (Lipinski definition) is 6. The van der Waals surface area contributed by atoms with Gasteiger partial charge >= 0.3 is 0 Å². The molecule has 0 aliphatic heterocycles. The van der Waals surface area contributed by atoms with Crippen molar-refractivity contribution in [1.29, 1.82) is 0 Å². The van der Waals surface area contributed by atoms with Crippen molar-refractivity contribution < 1.29 is 22.9 Å². The second-order valence-corrected chi connectivity index (χ2v) is 8.34. The number of amides is 1. The van der Waals surface area contributed by atoms with E-state index in [2.05, 4.69) is 11.9 Å². The molecule has 2 aromatic carbocycles. The van der Waals surface area contributed by atoms with Crippen molar-refractivity contribution in [3.63, 3.8) is 0 Å². The Morgan fingerprint density at radius 2 is 1.90 bits per heavy atom. The Balaban J connectivity index is 2.03. The van der Waals surface area contributed by atoms with Crippen LogP contribution in [0, 0.1) is 10.1 Å². The van der Waals surface area contributed by atoms with E-state index < -0.39 is 20.9 Å². The van der Waals surface area contributed by atoms with Gasteiger partial charge in [0.15, 0.2) is 6.61 Å². The number of carbonyl (C=O) groups is 1. The summed E-state index contributed by atoms with van der Waals surface area (Å²) in [5.41, 5.74) is 0.873. The van der Waals surface area contributed by atoms with E-state index in [0.29, 0.717) is 23.4 Å². The summed E-state index contributed by atoms with van der Waals surface area (Å²) in [4.78, 5) is 22.6. The van der Waals surface area contributed by atoms with Gasteiger partial charge in [0.05, 0.1) is 9.82 Å². The van der Waals surface area contributed by atoms with Crippen LogP contribution in [0.2, 0.25) is 0 Å². The van der Waals surface area contributed by atoms with Gasteiger partial charge in [0, 0.05) is 37.5 Å². The number of nitro benzene ring substituents is 1. The first kappa shape index (κ1) is 22.1. The molecule has 2 aromatic rings. The van der Waals surface area contributed by atoms with Crippen molar-refractivity contribution in [1.82, 2.24) is 4.31 Å². The summed E-state index contributed by atoms with van der Waals surface area (Å²) in [6.45, 7) is 3.29. The number of nitro groups is 1. The summed E-state index contributed by atoms with van der Waals surface area (Å²) in [6, 6.07) is 9.84. The van der Waals surface area contributed by atoms with Gasteiger partial charge in [-0.2, -0.15) is 0 Å². The lowest BCUT2D eigenvalue weighted by Gasteiger charge is -2.13. The highest BCUT2D eigenvalue weighted by molar-refractivity contribution is 7.89. The predicted octanol–water partition coefficient (Wildman–Crippen LogP) is 2.59. The summed E-state index contributed by atoms with van der Waals surface area (Å²) in [7, 11) is -0.685. The summed E-state index contributed by atoms with van der Waals surface area (Å²) >= 11 is 0. The Morgan fingerprint density at radius 1 is 1.24 bits per heavy atom. The van der Waals surface area contributed by atoms with Gasteiger partial charge in [-0.1, -0.05) is 6.08 Å².